The molecule has 0 fully saturated rings. The van der Waals surface area contributed by atoms with Crippen molar-refractivity contribution >= 4 is 83.1 Å². The van der Waals surface area contributed by atoms with E-state index in [1.54, 1.807) is 84.9 Å². The van der Waals surface area contributed by atoms with Crippen molar-refractivity contribution in [2.24, 2.45) is 0 Å². The summed E-state index contributed by atoms with van der Waals surface area (Å²) in [7, 11) is 7.94. The van der Waals surface area contributed by atoms with E-state index in [0.29, 0.717) is 44.0 Å². The minimum absolute atomic E-state index is 0.0326. The van der Waals surface area contributed by atoms with Crippen LogP contribution < -0.4 is 23.7 Å². The number of ketones is 4. The molecule has 0 spiro atoms. The lowest BCUT2D eigenvalue weighted by atomic mass is 10.1. The van der Waals surface area contributed by atoms with Gasteiger partial charge < -0.3 is 44.1 Å². The van der Waals surface area contributed by atoms with Crippen LogP contribution in [-0.2, 0) is 0 Å². The van der Waals surface area contributed by atoms with Gasteiger partial charge >= 0.3 is 0 Å². The molecule has 16 heteroatoms. The van der Waals surface area contributed by atoms with Gasteiger partial charge in [-0.25, -0.2) is 0 Å². The normalized spacial score (nSPS) is 10.4. The van der Waals surface area contributed by atoms with Gasteiger partial charge in [-0.15, -0.1) is 0 Å². The summed E-state index contributed by atoms with van der Waals surface area (Å²) >= 11 is 10.0. The third-order valence-corrected chi connectivity index (χ3v) is 12.1. The van der Waals surface area contributed by atoms with Gasteiger partial charge in [-0.1, -0.05) is 72.1 Å². The number of allylic oxidation sites excluding steroid dienone is 2. The Labute approximate surface area is 432 Å². The van der Waals surface area contributed by atoms with E-state index in [4.69, 9.17) is 23.7 Å². The molecule has 0 aliphatic carbocycles. The maximum absolute atomic E-state index is 12.4. The van der Waals surface area contributed by atoms with Crippen molar-refractivity contribution in [1.82, 2.24) is 0 Å². The largest absolute Gasteiger partial charge is 0.504 e. The Kier molecular flexibility index (Phi) is 22.4. The zero-order valence-corrected chi connectivity index (χ0v) is 44.8. The molecule has 0 aromatic heterocycles. The lowest BCUT2D eigenvalue weighted by molar-refractivity contribution is 0.100. The van der Waals surface area contributed by atoms with E-state index in [-0.39, 0.29) is 51.7 Å². The number of methoxy groups -OCH3 is 5. The second-order valence-electron chi connectivity index (χ2n) is 15.0. The van der Waals surface area contributed by atoms with E-state index in [1.807, 2.05) is 45.0 Å². The molecule has 13 nitrogen and oxygen atoms in total. The molecule has 6 aromatic rings. The molecule has 4 N–H and O–H groups in total. The molecule has 0 saturated carbocycles. The molecular formula is C54H53Br3O13. The number of rotatable bonds is 13. The number of halogens is 3. The average Bonchev–Trinajstić information content (AvgIpc) is 3.33. The van der Waals surface area contributed by atoms with Gasteiger partial charge in [0, 0.05) is 35.7 Å². The molecule has 0 aliphatic rings. The number of aryl methyl sites for hydroxylation is 3. The Morgan fingerprint density at radius 2 is 0.829 bits per heavy atom. The van der Waals surface area contributed by atoms with Crippen LogP contribution in [0.4, 0.5) is 0 Å². The summed E-state index contributed by atoms with van der Waals surface area (Å²) in [4.78, 5) is 46.4. The van der Waals surface area contributed by atoms with Crippen molar-refractivity contribution in [2.45, 2.75) is 34.6 Å². The maximum atomic E-state index is 12.4. The summed E-state index contributed by atoms with van der Waals surface area (Å²) in [5.74, 6) is 1.79. The summed E-state index contributed by atoms with van der Waals surface area (Å²) in [6, 6.07) is 24.5. The van der Waals surface area contributed by atoms with Gasteiger partial charge in [0.25, 0.3) is 0 Å². The van der Waals surface area contributed by atoms with Gasteiger partial charge in [0.05, 0.1) is 35.5 Å². The fraction of sp³-hybridized carbons (Fsp3) is 0.185. The van der Waals surface area contributed by atoms with Crippen molar-refractivity contribution < 1.29 is 63.3 Å². The number of carbonyl (C=O) groups is 4. The maximum Gasteiger partial charge on any atom is 0.185 e. The SMILES string of the molecule is COc1cc(C(=O)/C=C/c2cc(OC)c(OC)cc2Br)ccc1C.COc1cc(C(C)=O)c(Br)cc1C.COc1cc(C(C)=O)ccc1C.O=C(/C=C/c1cc(O)c(O)cc1Br)c1ccc(O)c(O)c1. The van der Waals surface area contributed by atoms with E-state index in [0.717, 1.165) is 48.8 Å². The van der Waals surface area contributed by atoms with Gasteiger partial charge in [-0.05, 0) is 153 Å². The van der Waals surface area contributed by atoms with E-state index >= 15 is 0 Å². The predicted octanol–water partition coefficient (Wildman–Crippen LogP) is 13.0. The minimum Gasteiger partial charge on any atom is -0.504 e. The third kappa shape index (κ3) is 16.4. The van der Waals surface area contributed by atoms with Crippen LogP contribution in [0.3, 0.4) is 0 Å². The van der Waals surface area contributed by atoms with Crippen LogP contribution in [-0.4, -0.2) is 79.1 Å². The van der Waals surface area contributed by atoms with Crippen LogP contribution in [0.15, 0.2) is 117 Å². The van der Waals surface area contributed by atoms with E-state index in [9.17, 15) is 39.6 Å². The first-order valence-corrected chi connectivity index (χ1v) is 23.2. The number of aromatic hydroxyl groups is 4. The van der Waals surface area contributed by atoms with Crippen molar-refractivity contribution in [2.75, 3.05) is 35.5 Å². The molecule has 6 rings (SSSR count). The number of carbonyl (C=O) groups excluding carboxylic acids is 4. The number of phenols is 4. The number of ether oxygens (including phenoxy) is 5. The summed E-state index contributed by atoms with van der Waals surface area (Å²) in [5, 5.41) is 37.3. The fourth-order valence-corrected chi connectivity index (χ4v) is 7.70. The highest BCUT2D eigenvalue weighted by atomic mass is 79.9. The van der Waals surface area contributed by atoms with Gasteiger partial charge in [-0.2, -0.15) is 0 Å². The molecular weight excluding hydrogens is 1100 g/mol. The first kappa shape index (κ1) is 57.4. The molecule has 0 radical (unpaired) electrons. The summed E-state index contributed by atoms with van der Waals surface area (Å²) in [6.45, 7) is 8.90. The predicted molar refractivity (Wildman–Crippen MR) is 282 cm³/mol. The topological polar surface area (TPSA) is 195 Å². The third-order valence-electron chi connectivity index (χ3n) is 10.1. The van der Waals surface area contributed by atoms with Crippen LogP contribution in [0.1, 0.15) is 83.1 Å². The number of hydrogen-bond donors (Lipinski definition) is 4. The molecule has 0 heterocycles. The molecule has 0 aliphatic heterocycles. The smallest absolute Gasteiger partial charge is 0.185 e. The van der Waals surface area contributed by atoms with Crippen molar-refractivity contribution in [3.63, 3.8) is 0 Å². The lowest BCUT2D eigenvalue weighted by Crippen LogP contribution is -1.97. The Balaban J connectivity index is 0.000000257. The molecule has 0 amide bonds. The minimum atomic E-state index is -0.384. The standard InChI is InChI=1S/C19H19BrO4.C15H11BrO5.C10H11BrO2.C10H12O2/c1-12-5-6-14(10-17(12)22-2)16(21)8-7-13-9-18(23-3)19(24-4)11-15(13)20;16-10-7-15(21)14(20)5-8(10)1-3-11(17)9-2-4-12(18)13(19)6-9;1-6-4-9(11)8(7(2)12)5-10(6)13-3;1-7-4-5-9(8(2)11)6-10(7)12-3/h5-11H,1-4H3;1-7,18-21H;4-5H,1-3H3;4-6H,1-3H3/b8-7+;3-1+;;. The quantitative estimate of drug-likeness (QED) is 0.0485. The lowest BCUT2D eigenvalue weighted by Gasteiger charge is -2.10. The Hall–Kier alpha value is -6.88. The first-order chi connectivity index (χ1) is 33.1. The summed E-state index contributed by atoms with van der Waals surface area (Å²) in [5.41, 5.74) is 6.50. The van der Waals surface area contributed by atoms with Crippen LogP contribution in [0, 0.1) is 20.8 Å². The van der Waals surface area contributed by atoms with Crippen LogP contribution in [0.2, 0.25) is 0 Å². The van der Waals surface area contributed by atoms with E-state index in [2.05, 4.69) is 47.8 Å². The second kappa shape index (κ2) is 27.3. The van der Waals surface area contributed by atoms with Gasteiger partial charge in [-0.3, -0.25) is 19.2 Å². The monoisotopic (exact) mass is 1150 g/mol. The van der Waals surface area contributed by atoms with Gasteiger partial charge in [0.2, 0.25) is 0 Å². The molecule has 368 valence electrons. The molecule has 70 heavy (non-hydrogen) atoms. The zero-order valence-electron chi connectivity index (χ0n) is 40.1. The highest BCUT2D eigenvalue weighted by Gasteiger charge is 2.12. The van der Waals surface area contributed by atoms with Crippen molar-refractivity contribution in [1.29, 1.82) is 0 Å². The summed E-state index contributed by atoms with van der Waals surface area (Å²) in [6.07, 6.45) is 5.97. The van der Waals surface area contributed by atoms with Crippen LogP contribution >= 0.6 is 47.8 Å². The highest BCUT2D eigenvalue weighted by molar-refractivity contribution is 9.11. The van der Waals surface area contributed by atoms with Crippen molar-refractivity contribution in [3.05, 3.63) is 167 Å². The van der Waals surface area contributed by atoms with Crippen LogP contribution in [0.25, 0.3) is 12.2 Å². The molecule has 0 unspecified atom stereocenters. The molecule has 0 bridgehead atoms. The molecule has 6 aromatic carbocycles. The van der Waals surface area contributed by atoms with E-state index in [1.165, 1.54) is 49.4 Å². The van der Waals surface area contributed by atoms with E-state index < -0.39 is 0 Å². The Morgan fingerprint density at radius 1 is 0.414 bits per heavy atom. The Morgan fingerprint density at radius 3 is 1.33 bits per heavy atom. The number of Topliss-reactive ketones (excluding diaryl/α,β-unsaturated/α-hetero) is 2. The fourth-order valence-electron chi connectivity index (χ4n) is 6.05. The number of hydrogen-bond acceptors (Lipinski definition) is 13. The number of benzene rings is 6. The average molecular weight is 1150 g/mol. The molecule has 0 atom stereocenters. The molecule has 0 saturated heterocycles. The first-order valence-electron chi connectivity index (χ1n) is 20.8. The van der Waals surface area contributed by atoms with Crippen LogP contribution in [0.5, 0.6) is 51.7 Å². The Bertz CT molecular complexity index is 2920. The van der Waals surface area contributed by atoms with Gasteiger partial charge in [0.15, 0.2) is 57.6 Å². The number of phenolic OH excluding ortho intramolecular Hbond substituents is 4. The highest BCUT2D eigenvalue weighted by Crippen LogP contribution is 2.35. The van der Waals surface area contributed by atoms with Crippen molar-refractivity contribution in [3.8, 4) is 51.7 Å². The second-order valence-corrected chi connectivity index (χ2v) is 17.5. The zero-order chi connectivity index (χ0) is 52.4. The summed E-state index contributed by atoms with van der Waals surface area (Å²) < 4.78 is 28.1. The van der Waals surface area contributed by atoms with Gasteiger partial charge in [0.1, 0.15) is 17.2 Å².